The summed E-state index contributed by atoms with van der Waals surface area (Å²) in [4.78, 5) is 4.39. The van der Waals surface area contributed by atoms with Crippen LogP contribution < -0.4 is 5.73 Å². The molecule has 1 fully saturated rings. The molecule has 1 aromatic heterocycles. The number of nitrogens with zero attached hydrogens (tertiary/aromatic N) is 1. The average molecular weight is 224 g/mol. The Bertz CT molecular complexity index is 297. The van der Waals surface area contributed by atoms with Crippen molar-refractivity contribution in [2.45, 2.75) is 39.0 Å². The molecule has 1 heterocycles. The van der Waals surface area contributed by atoms with Crippen LogP contribution in [0.4, 0.5) is 0 Å². The van der Waals surface area contributed by atoms with Crippen molar-refractivity contribution in [2.75, 3.05) is 6.54 Å². The highest BCUT2D eigenvalue weighted by molar-refractivity contribution is 7.07. The molecule has 1 aliphatic carbocycles. The zero-order valence-corrected chi connectivity index (χ0v) is 10.2. The Morgan fingerprint density at radius 1 is 1.67 bits per heavy atom. The zero-order chi connectivity index (χ0) is 10.7. The summed E-state index contributed by atoms with van der Waals surface area (Å²) in [5.74, 6) is 0.896. The van der Waals surface area contributed by atoms with Gasteiger partial charge in [0.05, 0.1) is 11.2 Å². The number of thiazole rings is 1. The summed E-state index contributed by atoms with van der Waals surface area (Å²) in [5, 5.41) is 2.16. The average Bonchev–Trinajstić information content (AvgIpc) is 2.88. The van der Waals surface area contributed by atoms with Crippen LogP contribution in [-0.4, -0.2) is 11.5 Å². The summed E-state index contributed by atoms with van der Waals surface area (Å²) in [5.41, 5.74) is 9.49. The van der Waals surface area contributed by atoms with Crippen molar-refractivity contribution in [3.05, 3.63) is 16.6 Å². The van der Waals surface area contributed by atoms with E-state index in [2.05, 4.69) is 17.3 Å². The normalized spacial score (nSPS) is 30.9. The summed E-state index contributed by atoms with van der Waals surface area (Å²) < 4.78 is 0. The number of hydrogen-bond donors (Lipinski definition) is 1. The molecule has 2 unspecified atom stereocenters. The van der Waals surface area contributed by atoms with Gasteiger partial charge in [-0.15, -0.1) is 11.3 Å². The molecule has 2 nitrogen and oxygen atoms in total. The second kappa shape index (κ2) is 4.62. The van der Waals surface area contributed by atoms with Crippen molar-refractivity contribution in [1.29, 1.82) is 0 Å². The Morgan fingerprint density at radius 2 is 2.53 bits per heavy atom. The molecule has 1 aliphatic rings. The second-order valence-corrected chi connectivity index (χ2v) is 5.60. The van der Waals surface area contributed by atoms with Crippen molar-refractivity contribution in [3.8, 4) is 0 Å². The van der Waals surface area contributed by atoms with Gasteiger partial charge in [0, 0.05) is 5.38 Å². The first kappa shape index (κ1) is 11.1. The molecule has 0 amide bonds. The maximum atomic E-state index is 5.98. The first-order chi connectivity index (χ1) is 7.28. The van der Waals surface area contributed by atoms with Crippen molar-refractivity contribution in [2.24, 2.45) is 17.1 Å². The van der Waals surface area contributed by atoms with Gasteiger partial charge in [0.1, 0.15) is 0 Å². The van der Waals surface area contributed by atoms with Crippen LogP contribution in [0.5, 0.6) is 0 Å². The van der Waals surface area contributed by atoms with E-state index in [1.54, 1.807) is 11.3 Å². The summed E-state index contributed by atoms with van der Waals surface area (Å²) in [6, 6.07) is 0. The number of hydrogen-bond acceptors (Lipinski definition) is 3. The fourth-order valence-corrected chi connectivity index (χ4v) is 3.36. The summed E-state index contributed by atoms with van der Waals surface area (Å²) >= 11 is 1.69. The fourth-order valence-electron chi connectivity index (χ4n) is 2.80. The number of nitrogens with two attached hydrogens (primary N) is 1. The van der Waals surface area contributed by atoms with E-state index in [1.165, 1.54) is 31.4 Å². The lowest BCUT2D eigenvalue weighted by Crippen LogP contribution is -2.30. The minimum absolute atomic E-state index is 0.356. The Labute approximate surface area is 95.9 Å². The molecule has 0 radical (unpaired) electrons. The third kappa shape index (κ3) is 2.40. The van der Waals surface area contributed by atoms with E-state index in [-0.39, 0.29) is 0 Å². The molecule has 3 heteroatoms. The summed E-state index contributed by atoms with van der Waals surface area (Å²) in [6.45, 7) is 3.11. The Balaban J connectivity index is 2.03. The lowest BCUT2D eigenvalue weighted by molar-refractivity contribution is 0.288. The molecule has 1 saturated carbocycles. The van der Waals surface area contributed by atoms with Gasteiger partial charge in [0.2, 0.25) is 0 Å². The SMILES string of the molecule is CCC1CCC(CN)(Cc2cscn2)C1. The van der Waals surface area contributed by atoms with Gasteiger partial charge >= 0.3 is 0 Å². The van der Waals surface area contributed by atoms with Gasteiger partial charge in [-0.25, -0.2) is 4.98 Å². The predicted molar refractivity (Wildman–Crippen MR) is 64.9 cm³/mol. The third-order valence-electron chi connectivity index (χ3n) is 3.85. The molecule has 0 aliphatic heterocycles. The van der Waals surface area contributed by atoms with Crippen molar-refractivity contribution in [3.63, 3.8) is 0 Å². The van der Waals surface area contributed by atoms with Gasteiger partial charge in [0.25, 0.3) is 0 Å². The Morgan fingerprint density at radius 3 is 3.07 bits per heavy atom. The van der Waals surface area contributed by atoms with E-state index in [0.717, 1.165) is 18.9 Å². The van der Waals surface area contributed by atoms with Crippen LogP contribution in [0.25, 0.3) is 0 Å². The van der Waals surface area contributed by atoms with Gasteiger partial charge in [-0.05, 0) is 43.6 Å². The van der Waals surface area contributed by atoms with E-state index < -0.39 is 0 Å². The molecule has 15 heavy (non-hydrogen) atoms. The van der Waals surface area contributed by atoms with Crippen LogP contribution in [0.2, 0.25) is 0 Å². The standard InChI is InChI=1S/C12H20N2S/c1-2-10-3-4-12(5-10,8-13)6-11-7-15-9-14-11/h7,9-10H,2-6,8,13H2,1H3. The smallest absolute Gasteiger partial charge is 0.0794 e. The van der Waals surface area contributed by atoms with E-state index in [4.69, 9.17) is 5.73 Å². The topological polar surface area (TPSA) is 38.9 Å². The van der Waals surface area contributed by atoms with Crippen LogP contribution in [0.1, 0.15) is 38.3 Å². The number of aromatic nitrogens is 1. The zero-order valence-electron chi connectivity index (χ0n) is 9.41. The Hall–Kier alpha value is -0.410. The first-order valence-electron chi connectivity index (χ1n) is 5.85. The van der Waals surface area contributed by atoms with Crippen molar-refractivity contribution < 1.29 is 0 Å². The molecule has 0 spiro atoms. The van der Waals surface area contributed by atoms with Crippen LogP contribution >= 0.6 is 11.3 Å². The monoisotopic (exact) mass is 224 g/mol. The van der Waals surface area contributed by atoms with Crippen molar-refractivity contribution >= 4 is 11.3 Å². The fraction of sp³-hybridized carbons (Fsp3) is 0.750. The van der Waals surface area contributed by atoms with Crippen LogP contribution in [0.3, 0.4) is 0 Å². The predicted octanol–water partition coefficient (Wildman–Crippen LogP) is 2.84. The van der Waals surface area contributed by atoms with Gasteiger partial charge in [-0.2, -0.15) is 0 Å². The molecule has 1 aromatic rings. The maximum Gasteiger partial charge on any atom is 0.0794 e. The largest absolute Gasteiger partial charge is 0.330 e. The van der Waals surface area contributed by atoms with Gasteiger partial charge < -0.3 is 5.73 Å². The van der Waals surface area contributed by atoms with E-state index in [1.807, 2.05) is 5.51 Å². The summed E-state index contributed by atoms with van der Waals surface area (Å²) in [6.07, 6.45) is 6.34. The molecule has 2 N–H and O–H groups in total. The molecule has 2 rings (SSSR count). The summed E-state index contributed by atoms with van der Waals surface area (Å²) in [7, 11) is 0. The maximum absolute atomic E-state index is 5.98. The van der Waals surface area contributed by atoms with E-state index in [9.17, 15) is 0 Å². The van der Waals surface area contributed by atoms with Crippen LogP contribution in [0, 0.1) is 11.3 Å². The molecule has 0 bridgehead atoms. The molecule has 84 valence electrons. The van der Waals surface area contributed by atoms with E-state index >= 15 is 0 Å². The molecule has 0 saturated heterocycles. The third-order valence-corrected chi connectivity index (χ3v) is 4.49. The minimum atomic E-state index is 0.356. The highest BCUT2D eigenvalue weighted by Crippen LogP contribution is 2.44. The van der Waals surface area contributed by atoms with Crippen molar-refractivity contribution in [1.82, 2.24) is 4.98 Å². The molecular formula is C12H20N2S. The lowest BCUT2D eigenvalue weighted by Gasteiger charge is -2.26. The number of rotatable bonds is 4. The van der Waals surface area contributed by atoms with Gasteiger partial charge in [-0.3, -0.25) is 0 Å². The first-order valence-corrected chi connectivity index (χ1v) is 6.79. The van der Waals surface area contributed by atoms with Crippen LogP contribution in [0.15, 0.2) is 10.9 Å². The highest BCUT2D eigenvalue weighted by Gasteiger charge is 2.37. The quantitative estimate of drug-likeness (QED) is 0.854. The van der Waals surface area contributed by atoms with Gasteiger partial charge in [-0.1, -0.05) is 13.3 Å². The van der Waals surface area contributed by atoms with Crippen LogP contribution in [-0.2, 0) is 6.42 Å². The molecular weight excluding hydrogens is 204 g/mol. The minimum Gasteiger partial charge on any atom is -0.330 e. The van der Waals surface area contributed by atoms with E-state index in [0.29, 0.717) is 5.41 Å². The highest BCUT2D eigenvalue weighted by atomic mass is 32.1. The molecule has 0 aromatic carbocycles. The molecule has 2 atom stereocenters. The van der Waals surface area contributed by atoms with Gasteiger partial charge in [0.15, 0.2) is 0 Å². The lowest BCUT2D eigenvalue weighted by atomic mass is 9.81. The Kier molecular flexibility index (Phi) is 3.42. The second-order valence-electron chi connectivity index (χ2n) is 4.88.